The largest absolute Gasteiger partial charge is 0.400 e. The SMILES string of the molecule is CC(C)(C)/C(N)=C(/C#N)C(N)=S. The lowest BCUT2D eigenvalue weighted by Crippen LogP contribution is -2.24. The third kappa shape index (κ3) is 2.51. The highest BCUT2D eigenvalue weighted by Gasteiger charge is 2.19. The summed E-state index contributed by atoms with van der Waals surface area (Å²) in [6.45, 7) is 5.70. The van der Waals surface area contributed by atoms with Gasteiger partial charge in [-0.3, -0.25) is 0 Å². The fourth-order valence-corrected chi connectivity index (χ4v) is 0.779. The van der Waals surface area contributed by atoms with Gasteiger partial charge in [0.2, 0.25) is 0 Å². The van der Waals surface area contributed by atoms with Crippen molar-refractivity contribution in [1.82, 2.24) is 0 Å². The first-order valence-corrected chi connectivity index (χ1v) is 3.91. The number of hydrogen-bond donors (Lipinski definition) is 2. The van der Waals surface area contributed by atoms with E-state index in [-0.39, 0.29) is 16.0 Å². The van der Waals surface area contributed by atoms with E-state index in [0.717, 1.165) is 0 Å². The maximum Gasteiger partial charge on any atom is 0.116 e. The highest BCUT2D eigenvalue weighted by molar-refractivity contribution is 7.80. The molecule has 0 heterocycles. The summed E-state index contributed by atoms with van der Waals surface area (Å²) in [5.74, 6) is 0. The zero-order chi connectivity index (χ0) is 9.94. The molecule has 66 valence electrons. The Morgan fingerprint density at radius 2 is 1.75 bits per heavy atom. The molecular weight excluding hydrogens is 170 g/mol. The van der Waals surface area contributed by atoms with Crippen molar-refractivity contribution in [3.63, 3.8) is 0 Å². The van der Waals surface area contributed by atoms with E-state index in [1.165, 1.54) is 0 Å². The van der Waals surface area contributed by atoms with E-state index in [1.807, 2.05) is 26.8 Å². The second-order valence-electron chi connectivity index (χ2n) is 3.51. The van der Waals surface area contributed by atoms with Gasteiger partial charge in [-0.05, 0) is 0 Å². The number of nitriles is 1. The lowest BCUT2D eigenvalue weighted by Gasteiger charge is -2.20. The van der Waals surface area contributed by atoms with Gasteiger partial charge < -0.3 is 11.5 Å². The number of rotatable bonds is 1. The summed E-state index contributed by atoms with van der Waals surface area (Å²) in [6.07, 6.45) is 0. The van der Waals surface area contributed by atoms with Gasteiger partial charge in [-0.15, -0.1) is 0 Å². The molecular formula is C8H13N3S. The molecule has 0 rings (SSSR count). The molecule has 0 saturated carbocycles. The second kappa shape index (κ2) is 3.55. The third-order valence-electron chi connectivity index (χ3n) is 1.44. The van der Waals surface area contributed by atoms with Gasteiger partial charge in [-0.1, -0.05) is 33.0 Å². The average Bonchev–Trinajstić information content (AvgIpc) is 1.86. The van der Waals surface area contributed by atoms with Crippen molar-refractivity contribution in [3.8, 4) is 6.07 Å². The highest BCUT2D eigenvalue weighted by Crippen LogP contribution is 2.23. The standard InChI is InChI=1S/C8H13N3S/c1-8(2,3)6(10)5(4-9)7(11)12/h10H2,1-3H3,(H2,11,12)/b6-5+. The van der Waals surface area contributed by atoms with Crippen molar-refractivity contribution in [2.75, 3.05) is 0 Å². The molecule has 4 N–H and O–H groups in total. The number of hydrogen-bond acceptors (Lipinski definition) is 3. The minimum atomic E-state index is -0.269. The van der Waals surface area contributed by atoms with Crippen LogP contribution in [0.5, 0.6) is 0 Å². The van der Waals surface area contributed by atoms with E-state index in [9.17, 15) is 0 Å². The summed E-state index contributed by atoms with van der Waals surface area (Å²) in [5, 5.41) is 8.67. The Morgan fingerprint density at radius 3 is 1.83 bits per heavy atom. The van der Waals surface area contributed by atoms with Crippen LogP contribution in [0.3, 0.4) is 0 Å². The summed E-state index contributed by atoms with van der Waals surface area (Å²) >= 11 is 4.68. The zero-order valence-electron chi connectivity index (χ0n) is 7.51. The Bertz CT molecular complexity index is 265. The van der Waals surface area contributed by atoms with Gasteiger partial charge in [0.15, 0.2) is 0 Å². The Morgan fingerprint density at radius 1 is 1.33 bits per heavy atom. The molecule has 0 aromatic rings. The molecule has 0 radical (unpaired) electrons. The quantitative estimate of drug-likeness (QED) is 0.362. The Balaban J connectivity index is 5.17. The summed E-state index contributed by atoms with van der Waals surface area (Å²) in [5.41, 5.74) is 11.4. The Kier molecular flexibility index (Phi) is 3.23. The van der Waals surface area contributed by atoms with Crippen molar-refractivity contribution in [1.29, 1.82) is 5.26 Å². The maximum atomic E-state index is 8.67. The van der Waals surface area contributed by atoms with Crippen LogP contribution in [0.2, 0.25) is 0 Å². The summed E-state index contributed by atoms with van der Waals surface area (Å²) < 4.78 is 0. The van der Waals surface area contributed by atoms with Crippen molar-refractivity contribution in [3.05, 3.63) is 11.3 Å². The van der Waals surface area contributed by atoms with Crippen molar-refractivity contribution in [2.24, 2.45) is 16.9 Å². The molecule has 0 fully saturated rings. The minimum absolute atomic E-state index is 0.0601. The van der Waals surface area contributed by atoms with Crippen LogP contribution >= 0.6 is 12.2 Å². The van der Waals surface area contributed by atoms with Gasteiger partial charge >= 0.3 is 0 Å². The normalized spacial score (nSPS) is 13.2. The molecule has 0 aromatic heterocycles. The monoisotopic (exact) mass is 183 g/mol. The first kappa shape index (κ1) is 10.9. The van der Waals surface area contributed by atoms with E-state index in [2.05, 4.69) is 12.2 Å². The van der Waals surface area contributed by atoms with Crippen molar-refractivity contribution < 1.29 is 0 Å². The van der Waals surface area contributed by atoms with Gasteiger partial charge in [0.1, 0.15) is 16.6 Å². The molecule has 0 aliphatic rings. The molecule has 0 bridgehead atoms. The molecule has 3 nitrogen and oxygen atoms in total. The van der Waals surface area contributed by atoms with E-state index in [1.54, 1.807) is 0 Å². The first-order valence-electron chi connectivity index (χ1n) is 3.51. The maximum absolute atomic E-state index is 8.67. The molecule has 12 heavy (non-hydrogen) atoms. The predicted octanol–water partition coefficient (Wildman–Crippen LogP) is 1.05. The van der Waals surface area contributed by atoms with Gasteiger partial charge in [0.05, 0.1) is 0 Å². The molecule has 0 aliphatic heterocycles. The van der Waals surface area contributed by atoms with Gasteiger partial charge in [0.25, 0.3) is 0 Å². The van der Waals surface area contributed by atoms with Crippen LogP contribution in [0, 0.1) is 16.7 Å². The summed E-state index contributed by atoms with van der Waals surface area (Å²) in [7, 11) is 0. The summed E-state index contributed by atoms with van der Waals surface area (Å²) in [6, 6.07) is 1.90. The third-order valence-corrected chi connectivity index (χ3v) is 1.64. The van der Waals surface area contributed by atoms with Crippen LogP contribution < -0.4 is 11.5 Å². The van der Waals surface area contributed by atoms with Crippen LogP contribution in [0.25, 0.3) is 0 Å². The molecule has 0 aliphatic carbocycles. The Labute approximate surface area is 78.0 Å². The molecule has 0 amide bonds. The number of allylic oxidation sites excluding steroid dienone is 1. The Hall–Kier alpha value is -1.08. The number of nitrogens with zero attached hydrogens (tertiary/aromatic N) is 1. The van der Waals surface area contributed by atoms with Gasteiger partial charge in [0, 0.05) is 11.1 Å². The molecule has 0 spiro atoms. The predicted molar refractivity (Wildman–Crippen MR) is 53.1 cm³/mol. The summed E-state index contributed by atoms with van der Waals surface area (Å²) in [4.78, 5) is 0.0601. The topological polar surface area (TPSA) is 75.8 Å². The number of nitrogens with two attached hydrogens (primary N) is 2. The van der Waals surface area contributed by atoms with E-state index in [4.69, 9.17) is 16.7 Å². The zero-order valence-corrected chi connectivity index (χ0v) is 8.33. The fraction of sp³-hybridized carbons (Fsp3) is 0.500. The lowest BCUT2D eigenvalue weighted by molar-refractivity contribution is 0.496. The fourth-order valence-electron chi connectivity index (χ4n) is 0.623. The van der Waals surface area contributed by atoms with Crippen LogP contribution in [0.4, 0.5) is 0 Å². The molecule has 0 aromatic carbocycles. The van der Waals surface area contributed by atoms with Crippen molar-refractivity contribution >= 4 is 17.2 Å². The van der Waals surface area contributed by atoms with Crippen LogP contribution in [0.1, 0.15) is 20.8 Å². The average molecular weight is 183 g/mol. The van der Waals surface area contributed by atoms with Gasteiger partial charge in [-0.25, -0.2) is 0 Å². The molecule has 0 saturated heterocycles. The van der Waals surface area contributed by atoms with Gasteiger partial charge in [-0.2, -0.15) is 5.26 Å². The van der Waals surface area contributed by atoms with Crippen LogP contribution in [-0.4, -0.2) is 4.99 Å². The molecule has 4 heteroatoms. The van der Waals surface area contributed by atoms with E-state index >= 15 is 0 Å². The molecule has 0 atom stereocenters. The molecule has 0 unspecified atom stereocenters. The van der Waals surface area contributed by atoms with Crippen molar-refractivity contribution in [2.45, 2.75) is 20.8 Å². The van der Waals surface area contributed by atoms with Crippen LogP contribution in [0.15, 0.2) is 11.3 Å². The lowest BCUT2D eigenvalue weighted by atomic mass is 9.89. The van der Waals surface area contributed by atoms with Crippen LogP contribution in [-0.2, 0) is 0 Å². The van der Waals surface area contributed by atoms with E-state index < -0.39 is 0 Å². The first-order chi connectivity index (χ1) is 5.30. The minimum Gasteiger partial charge on any atom is -0.400 e. The second-order valence-corrected chi connectivity index (χ2v) is 3.95. The van der Waals surface area contributed by atoms with E-state index in [0.29, 0.717) is 5.70 Å². The number of thiocarbonyl (C=S) groups is 1. The smallest absolute Gasteiger partial charge is 0.116 e. The highest BCUT2D eigenvalue weighted by atomic mass is 32.1.